The van der Waals surface area contributed by atoms with Crippen molar-refractivity contribution < 1.29 is 14.6 Å². The standard InChI is InChI=1S/C13H24N2O3/c1-15(8-10-4-6-18-7-5-10)9-13(14,12(16)17)11-2-3-11/h10-11H,2-9,14H2,1H3,(H,16,17). The normalized spacial score (nSPS) is 25.1. The van der Waals surface area contributed by atoms with Crippen LogP contribution in [0.4, 0.5) is 0 Å². The van der Waals surface area contributed by atoms with Gasteiger partial charge in [-0.2, -0.15) is 0 Å². The molecule has 0 amide bonds. The molecule has 1 heterocycles. The van der Waals surface area contributed by atoms with E-state index in [-0.39, 0.29) is 5.92 Å². The highest BCUT2D eigenvalue weighted by molar-refractivity contribution is 5.79. The number of nitrogens with two attached hydrogens (primary N) is 1. The van der Waals surface area contributed by atoms with Gasteiger partial charge < -0.3 is 20.5 Å². The lowest BCUT2D eigenvalue weighted by Crippen LogP contribution is -2.57. The van der Waals surface area contributed by atoms with Crippen LogP contribution < -0.4 is 5.73 Å². The zero-order valence-corrected chi connectivity index (χ0v) is 11.1. The summed E-state index contributed by atoms with van der Waals surface area (Å²) >= 11 is 0. The number of likely N-dealkylation sites (N-methyl/N-ethyl adjacent to an activating group) is 1. The van der Waals surface area contributed by atoms with E-state index in [9.17, 15) is 9.90 Å². The largest absolute Gasteiger partial charge is 0.480 e. The number of hydrogen-bond donors (Lipinski definition) is 2. The molecule has 0 spiro atoms. The Kier molecular flexibility index (Phi) is 4.25. The predicted molar refractivity (Wildman–Crippen MR) is 68.3 cm³/mol. The average molecular weight is 256 g/mol. The average Bonchev–Trinajstić information content (AvgIpc) is 3.13. The summed E-state index contributed by atoms with van der Waals surface area (Å²) in [6.07, 6.45) is 4.04. The molecule has 18 heavy (non-hydrogen) atoms. The second kappa shape index (κ2) is 5.55. The molecule has 5 heteroatoms. The van der Waals surface area contributed by atoms with Crippen molar-refractivity contribution in [2.75, 3.05) is 33.4 Å². The zero-order valence-electron chi connectivity index (χ0n) is 11.1. The minimum Gasteiger partial charge on any atom is -0.480 e. The second-order valence-corrected chi connectivity index (χ2v) is 5.87. The molecule has 1 aliphatic carbocycles. The van der Waals surface area contributed by atoms with Crippen LogP contribution in [0.25, 0.3) is 0 Å². The Morgan fingerprint density at radius 2 is 2.00 bits per heavy atom. The number of rotatable bonds is 6. The molecule has 2 rings (SSSR count). The third kappa shape index (κ3) is 3.22. The van der Waals surface area contributed by atoms with Gasteiger partial charge in [0.15, 0.2) is 0 Å². The van der Waals surface area contributed by atoms with Crippen LogP contribution in [0.5, 0.6) is 0 Å². The zero-order chi connectivity index (χ0) is 13.2. The minimum atomic E-state index is -1.06. The van der Waals surface area contributed by atoms with Gasteiger partial charge in [0.2, 0.25) is 0 Å². The topological polar surface area (TPSA) is 75.8 Å². The lowest BCUT2D eigenvalue weighted by Gasteiger charge is -2.33. The van der Waals surface area contributed by atoms with Gasteiger partial charge in [-0.15, -0.1) is 0 Å². The quantitative estimate of drug-likeness (QED) is 0.725. The van der Waals surface area contributed by atoms with Crippen LogP contribution in [0.2, 0.25) is 0 Å². The summed E-state index contributed by atoms with van der Waals surface area (Å²) in [4.78, 5) is 13.4. The molecular weight excluding hydrogens is 232 g/mol. The van der Waals surface area contributed by atoms with Crippen LogP contribution in [0.15, 0.2) is 0 Å². The maximum Gasteiger partial charge on any atom is 0.325 e. The van der Waals surface area contributed by atoms with Crippen molar-refractivity contribution in [3.05, 3.63) is 0 Å². The maximum absolute atomic E-state index is 11.4. The van der Waals surface area contributed by atoms with E-state index in [1.165, 1.54) is 0 Å². The molecule has 0 bridgehead atoms. The van der Waals surface area contributed by atoms with E-state index in [4.69, 9.17) is 10.5 Å². The van der Waals surface area contributed by atoms with Crippen molar-refractivity contribution in [2.45, 2.75) is 31.2 Å². The van der Waals surface area contributed by atoms with Gasteiger partial charge in [-0.3, -0.25) is 4.79 Å². The Balaban J connectivity index is 1.84. The first kappa shape index (κ1) is 13.8. The van der Waals surface area contributed by atoms with Crippen LogP contribution in [0.3, 0.4) is 0 Å². The first-order chi connectivity index (χ1) is 8.52. The Morgan fingerprint density at radius 3 is 2.50 bits per heavy atom. The Bertz CT molecular complexity index is 301. The van der Waals surface area contributed by atoms with E-state index in [1.807, 2.05) is 7.05 Å². The molecule has 0 aromatic carbocycles. The number of aliphatic carboxylic acids is 1. The Hall–Kier alpha value is -0.650. The van der Waals surface area contributed by atoms with Crippen LogP contribution in [-0.2, 0) is 9.53 Å². The Labute approximate surface area is 108 Å². The summed E-state index contributed by atoms with van der Waals surface area (Å²) in [6, 6.07) is 0. The monoisotopic (exact) mass is 256 g/mol. The molecule has 2 aliphatic rings. The fraction of sp³-hybridized carbons (Fsp3) is 0.923. The van der Waals surface area contributed by atoms with E-state index >= 15 is 0 Å². The molecule has 0 radical (unpaired) electrons. The van der Waals surface area contributed by atoms with Crippen LogP contribution >= 0.6 is 0 Å². The van der Waals surface area contributed by atoms with Gasteiger partial charge in [0.1, 0.15) is 5.54 Å². The number of hydrogen-bond acceptors (Lipinski definition) is 4. The van der Waals surface area contributed by atoms with Gasteiger partial charge in [-0.1, -0.05) is 0 Å². The van der Waals surface area contributed by atoms with E-state index in [0.29, 0.717) is 12.5 Å². The van der Waals surface area contributed by atoms with Crippen molar-refractivity contribution in [3.8, 4) is 0 Å². The number of carbonyl (C=O) groups is 1. The molecule has 0 aromatic rings. The summed E-state index contributed by atoms with van der Waals surface area (Å²) in [6.45, 7) is 3.02. The van der Waals surface area contributed by atoms with Gasteiger partial charge in [0, 0.05) is 26.3 Å². The number of ether oxygens (including phenoxy) is 1. The SMILES string of the molecule is CN(CC1CCOCC1)CC(N)(C(=O)O)C1CC1. The summed E-state index contributed by atoms with van der Waals surface area (Å²) in [7, 11) is 1.97. The molecule has 1 unspecified atom stereocenters. The Morgan fingerprint density at radius 1 is 1.39 bits per heavy atom. The fourth-order valence-corrected chi connectivity index (χ4v) is 2.85. The van der Waals surface area contributed by atoms with E-state index in [1.54, 1.807) is 0 Å². The first-order valence-electron chi connectivity index (χ1n) is 6.81. The third-order valence-corrected chi connectivity index (χ3v) is 4.15. The van der Waals surface area contributed by atoms with Gasteiger partial charge in [0.05, 0.1) is 0 Å². The molecule has 3 N–H and O–H groups in total. The van der Waals surface area contributed by atoms with Gasteiger partial charge in [-0.25, -0.2) is 0 Å². The van der Waals surface area contributed by atoms with Crippen molar-refractivity contribution in [3.63, 3.8) is 0 Å². The smallest absolute Gasteiger partial charge is 0.325 e. The third-order valence-electron chi connectivity index (χ3n) is 4.15. The van der Waals surface area contributed by atoms with Crippen molar-refractivity contribution >= 4 is 5.97 Å². The number of carboxylic acids is 1. The lowest BCUT2D eigenvalue weighted by molar-refractivity contribution is -0.145. The second-order valence-electron chi connectivity index (χ2n) is 5.87. The molecule has 1 aliphatic heterocycles. The fourth-order valence-electron chi connectivity index (χ4n) is 2.85. The van der Waals surface area contributed by atoms with Crippen LogP contribution in [0, 0.1) is 11.8 Å². The van der Waals surface area contributed by atoms with Crippen LogP contribution in [-0.4, -0.2) is 54.9 Å². The number of carboxylic acid groups (broad SMARTS) is 1. The summed E-state index contributed by atoms with van der Waals surface area (Å²) in [5.41, 5.74) is 5.03. The molecule has 0 aromatic heterocycles. The minimum absolute atomic E-state index is 0.159. The van der Waals surface area contributed by atoms with Crippen molar-refractivity contribution in [1.82, 2.24) is 4.90 Å². The molecule has 1 saturated heterocycles. The van der Waals surface area contributed by atoms with Gasteiger partial charge in [0.25, 0.3) is 0 Å². The van der Waals surface area contributed by atoms with Gasteiger partial charge >= 0.3 is 5.97 Å². The van der Waals surface area contributed by atoms with Crippen molar-refractivity contribution in [2.24, 2.45) is 17.6 Å². The highest BCUT2D eigenvalue weighted by Crippen LogP contribution is 2.39. The highest BCUT2D eigenvalue weighted by Gasteiger charge is 2.48. The molecule has 2 fully saturated rings. The number of nitrogens with zero attached hydrogens (tertiary/aromatic N) is 1. The van der Waals surface area contributed by atoms with Crippen LogP contribution in [0.1, 0.15) is 25.7 Å². The highest BCUT2D eigenvalue weighted by atomic mass is 16.5. The predicted octanol–water partition coefficient (Wildman–Crippen LogP) is 0.537. The maximum atomic E-state index is 11.4. The van der Waals surface area contributed by atoms with E-state index in [2.05, 4.69) is 4.90 Å². The molecule has 1 saturated carbocycles. The van der Waals surface area contributed by atoms with E-state index in [0.717, 1.165) is 45.4 Å². The summed E-state index contributed by atoms with van der Waals surface area (Å²) in [5, 5.41) is 9.33. The molecule has 104 valence electrons. The van der Waals surface area contributed by atoms with Crippen molar-refractivity contribution in [1.29, 1.82) is 0 Å². The summed E-state index contributed by atoms with van der Waals surface area (Å²) < 4.78 is 5.33. The molecule has 1 atom stereocenters. The first-order valence-corrected chi connectivity index (χ1v) is 6.81. The summed E-state index contributed by atoms with van der Waals surface area (Å²) in [5.74, 6) is -0.0861. The lowest BCUT2D eigenvalue weighted by atomic mass is 9.93. The van der Waals surface area contributed by atoms with E-state index < -0.39 is 11.5 Å². The van der Waals surface area contributed by atoms with Gasteiger partial charge in [-0.05, 0) is 44.6 Å². The molecular formula is C13H24N2O3. The molecule has 5 nitrogen and oxygen atoms in total.